The van der Waals surface area contributed by atoms with Crippen molar-refractivity contribution in [2.24, 2.45) is 11.8 Å². The van der Waals surface area contributed by atoms with Crippen molar-refractivity contribution in [3.05, 3.63) is 136 Å². The first-order valence-corrected chi connectivity index (χ1v) is 13.8. The third-order valence-electron chi connectivity index (χ3n) is 8.84. The minimum atomic E-state index is -0.646. The van der Waals surface area contributed by atoms with Gasteiger partial charge in [-0.05, 0) is 72.0 Å². The fourth-order valence-corrected chi connectivity index (χ4v) is 7.01. The van der Waals surface area contributed by atoms with Crippen LogP contribution in [0.4, 0.5) is 5.69 Å². The Hall–Kier alpha value is -4.84. The summed E-state index contributed by atoms with van der Waals surface area (Å²) < 4.78 is 5.30. The average molecular weight is 542 g/mol. The molecule has 2 bridgehead atoms. The highest BCUT2D eigenvalue weighted by Gasteiger charge is 2.61. The van der Waals surface area contributed by atoms with E-state index in [9.17, 15) is 19.2 Å². The quantitative estimate of drug-likeness (QED) is 0.183. The second-order valence-electron chi connectivity index (χ2n) is 11.1. The van der Waals surface area contributed by atoms with Crippen LogP contribution in [-0.4, -0.2) is 30.2 Å². The molecule has 2 unspecified atom stereocenters. The first-order chi connectivity index (χ1) is 19.8. The summed E-state index contributed by atoms with van der Waals surface area (Å²) in [6, 6.07) is 28.1. The van der Waals surface area contributed by atoms with Crippen molar-refractivity contribution >= 4 is 29.3 Å². The van der Waals surface area contributed by atoms with Gasteiger partial charge in [0.15, 0.2) is 6.61 Å². The molecule has 4 aromatic carbocycles. The predicted octanol–water partition coefficient (Wildman–Crippen LogP) is 5.74. The van der Waals surface area contributed by atoms with Gasteiger partial charge in [-0.1, -0.05) is 66.2 Å². The summed E-state index contributed by atoms with van der Waals surface area (Å²) in [5, 5.41) is 0. The van der Waals surface area contributed by atoms with E-state index in [0.29, 0.717) is 11.3 Å². The number of ketones is 1. The summed E-state index contributed by atoms with van der Waals surface area (Å²) in [6.45, 7) is 3.37. The molecule has 1 aliphatic heterocycles. The van der Waals surface area contributed by atoms with Gasteiger partial charge in [0, 0.05) is 17.4 Å². The van der Waals surface area contributed by atoms with E-state index in [1.165, 1.54) is 17.0 Å². The van der Waals surface area contributed by atoms with E-state index in [0.717, 1.165) is 33.4 Å². The van der Waals surface area contributed by atoms with Gasteiger partial charge in [0.05, 0.1) is 23.1 Å². The van der Waals surface area contributed by atoms with Gasteiger partial charge in [-0.25, -0.2) is 9.69 Å². The van der Waals surface area contributed by atoms with Crippen molar-refractivity contribution in [2.75, 3.05) is 11.5 Å². The number of carbonyl (C=O) groups excluding carboxylic acids is 4. The molecule has 2 amide bonds. The van der Waals surface area contributed by atoms with E-state index >= 15 is 0 Å². The number of Topliss-reactive ketones (excluding diaryl/α,β-unsaturated/α-hetero) is 1. The summed E-state index contributed by atoms with van der Waals surface area (Å²) in [5.41, 5.74) is 7.43. The molecule has 4 aliphatic rings. The molecule has 4 aromatic rings. The molecule has 0 saturated carbocycles. The van der Waals surface area contributed by atoms with Crippen LogP contribution < -0.4 is 4.90 Å². The SMILES string of the molecule is Cc1ccc(C)c(C(=O)COC(=O)c2ccc(N3C(=O)C4C5c6ccccc6C(c6ccccc65)C4C3=O)cc2)c1. The molecule has 0 radical (unpaired) electrons. The number of carbonyl (C=O) groups is 4. The number of ether oxygens (including phenoxy) is 1. The highest BCUT2D eigenvalue weighted by Crippen LogP contribution is 2.61. The standard InChI is InChI=1S/C35H27NO5/c1-19-11-12-20(2)27(17-19)28(37)18-41-35(40)21-13-15-22(16-14-21)36-33(38)31-29-23-7-3-4-8-24(23)30(32(31)34(36)39)26-10-6-5-9-25(26)29/h3-17,29-32H,18H2,1-2H3. The Morgan fingerprint density at radius 2 is 1.22 bits per heavy atom. The molecule has 1 fully saturated rings. The maximum Gasteiger partial charge on any atom is 0.338 e. The Balaban J connectivity index is 1.13. The Bertz CT molecular complexity index is 1660. The number of esters is 1. The maximum atomic E-state index is 13.9. The van der Waals surface area contributed by atoms with Crippen LogP contribution in [0.5, 0.6) is 0 Å². The van der Waals surface area contributed by atoms with Crippen LogP contribution in [0, 0.1) is 25.7 Å². The Morgan fingerprint density at radius 3 is 1.73 bits per heavy atom. The highest BCUT2D eigenvalue weighted by atomic mass is 16.5. The number of rotatable bonds is 5. The zero-order chi connectivity index (χ0) is 28.4. The van der Waals surface area contributed by atoms with Crippen molar-refractivity contribution in [2.45, 2.75) is 25.7 Å². The van der Waals surface area contributed by atoms with Gasteiger partial charge < -0.3 is 4.74 Å². The molecule has 41 heavy (non-hydrogen) atoms. The maximum absolute atomic E-state index is 13.9. The van der Waals surface area contributed by atoms with Crippen molar-refractivity contribution < 1.29 is 23.9 Å². The number of anilines is 1. The number of aryl methyl sites for hydroxylation is 2. The molecule has 6 nitrogen and oxygen atoms in total. The fourth-order valence-electron chi connectivity index (χ4n) is 7.01. The normalized spacial score (nSPS) is 21.8. The van der Waals surface area contributed by atoms with Crippen molar-refractivity contribution in [1.82, 2.24) is 0 Å². The second kappa shape index (κ2) is 9.37. The van der Waals surface area contributed by atoms with E-state index in [1.807, 2.05) is 50.2 Å². The topological polar surface area (TPSA) is 80.8 Å². The summed E-state index contributed by atoms with van der Waals surface area (Å²) >= 11 is 0. The molecule has 3 aliphatic carbocycles. The lowest BCUT2D eigenvalue weighted by atomic mass is 9.55. The van der Waals surface area contributed by atoms with Crippen molar-refractivity contribution in [3.8, 4) is 0 Å². The van der Waals surface area contributed by atoms with Gasteiger partial charge in [-0.3, -0.25) is 14.4 Å². The van der Waals surface area contributed by atoms with Crippen LogP contribution in [0.3, 0.4) is 0 Å². The Kier molecular flexibility index (Phi) is 5.75. The lowest BCUT2D eigenvalue weighted by Gasteiger charge is -2.45. The summed E-state index contributed by atoms with van der Waals surface area (Å²) in [4.78, 5) is 54.5. The van der Waals surface area contributed by atoms with Gasteiger partial charge >= 0.3 is 5.97 Å². The van der Waals surface area contributed by atoms with E-state index < -0.39 is 17.8 Å². The largest absolute Gasteiger partial charge is 0.454 e. The summed E-state index contributed by atoms with van der Waals surface area (Å²) in [7, 11) is 0. The first kappa shape index (κ1) is 25.1. The first-order valence-electron chi connectivity index (χ1n) is 13.8. The lowest BCUT2D eigenvalue weighted by Crippen LogP contribution is -2.41. The number of nitrogens with zero attached hydrogens (tertiary/aromatic N) is 1. The zero-order valence-electron chi connectivity index (χ0n) is 22.7. The Labute approximate surface area is 237 Å². The van der Waals surface area contributed by atoms with Gasteiger partial charge in [-0.15, -0.1) is 0 Å². The minimum absolute atomic E-state index is 0.178. The Morgan fingerprint density at radius 1 is 0.707 bits per heavy atom. The van der Waals surface area contributed by atoms with Gasteiger partial charge in [0.1, 0.15) is 0 Å². The zero-order valence-corrected chi connectivity index (χ0v) is 22.7. The smallest absolute Gasteiger partial charge is 0.338 e. The molecule has 2 atom stereocenters. The lowest BCUT2D eigenvalue weighted by molar-refractivity contribution is -0.122. The number of hydrogen-bond donors (Lipinski definition) is 0. The highest BCUT2D eigenvalue weighted by molar-refractivity contribution is 6.23. The number of imide groups is 1. The molecule has 6 heteroatoms. The van der Waals surface area contributed by atoms with E-state index in [2.05, 4.69) is 24.3 Å². The number of hydrogen-bond acceptors (Lipinski definition) is 5. The van der Waals surface area contributed by atoms with Gasteiger partial charge in [-0.2, -0.15) is 0 Å². The number of amides is 2. The second-order valence-corrected chi connectivity index (χ2v) is 11.1. The molecule has 0 spiro atoms. The van der Waals surface area contributed by atoms with E-state index in [-0.39, 0.29) is 41.6 Å². The molecule has 0 aromatic heterocycles. The van der Waals surface area contributed by atoms with Crippen LogP contribution in [0.1, 0.15) is 65.9 Å². The summed E-state index contributed by atoms with van der Waals surface area (Å²) in [5.74, 6) is -2.65. The van der Waals surface area contributed by atoms with E-state index in [1.54, 1.807) is 18.2 Å². The number of benzene rings is 4. The predicted molar refractivity (Wildman–Crippen MR) is 153 cm³/mol. The monoisotopic (exact) mass is 541 g/mol. The van der Waals surface area contributed by atoms with Crippen LogP contribution in [0.15, 0.2) is 91.0 Å². The average Bonchev–Trinajstić information content (AvgIpc) is 3.27. The molecule has 8 rings (SSSR count). The molecule has 1 saturated heterocycles. The molecule has 1 heterocycles. The van der Waals surface area contributed by atoms with Gasteiger partial charge in [0.25, 0.3) is 0 Å². The molecular weight excluding hydrogens is 514 g/mol. The molecular formula is C35H27NO5. The third kappa shape index (κ3) is 3.78. The third-order valence-corrected chi connectivity index (χ3v) is 8.84. The minimum Gasteiger partial charge on any atom is -0.454 e. The van der Waals surface area contributed by atoms with Crippen molar-refractivity contribution in [3.63, 3.8) is 0 Å². The van der Waals surface area contributed by atoms with Crippen LogP contribution >= 0.6 is 0 Å². The van der Waals surface area contributed by atoms with Crippen LogP contribution in [-0.2, 0) is 14.3 Å². The molecule has 0 N–H and O–H groups in total. The van der Waals surface area contributed by atoms with Gasteiger partial charge in [0.2, 0.25) is 17.6 Å². The van der Waals surface area contributed by atoms with Crippen molar-refractivity contribution in [1.29, 1.82) is 0 Å². The summed E-state index contributed by atoms with van der Waals surface area (Å²) in [6.07, 6.45) is 0. The van der Waals surface area contributed by atoms with Crippen LogP contribution in [0.25, 0.3) is 0 Å². The fraction of sp³-hybridized carbons (Fsp3) is 0.200. The van der Waals surface area contributed by atoms with Crippen LogP contribution in [0.2, 0.25) is 0 Å². The van der Waals surface area contributed by atoms with E-state index in [4.69, 9.17) is 4.74 Å². The molecule has 202 valence electrons.